The van der Waals surface area contributed by atoms with Crippen LogP contribution < -0.4 is 0 Å². The Balaban J connectivity index is 3.65. The number of hydrogen-bond donors (Lipinski definition) is 0. The van der Waals surface area contributed by atoms with Crippen LogP contribution in [-0.2, 0) is 4.79 Å². The molecule has 0 aliphatic rings. The summed E-state index contributed by atoms with van der Waals surface area (Å²) < 4.78 is 0. The molecule has 0 N–H and O–H groups in total. The van der Waals surface area contributed by atoms with Crippen LogP contribution >= 0.6 is 11.6 Å². The van der Waals surface area contributed by atoms with Crippen LogP contribution in [-0.4, -0.2) is 29.8 Å². The van der Waals surface area contributed by atoms with Gasteiger partial charge < -0.3 is 4.90 Å². The highest BCUT2D eigenvalue weighted by Crippen LogP contribution is 1.96. The lowest BCUT2D eigenvalue weighted by Crippen LogP contribution is -2.31. The van der Waals surface area contributed by atoms with Crippen molar-refractivity contribution < 1.29 is 4.79 Å². The molecule has 0 heterocycles. The third kappa shape index (κ3) is 4.25. The highest BCUT2D eigenvalue weighted by Gasteiger charge is 2.06. The van der Waals surface area contributed by atoms with E-state index in [-0.39, 0.29) is 5.91 Å². The molecule has 0 saturated heterocycles. The molecule has 0 aromatic carbocycles. The van der Waals surface area contributed by atoms with E-state index in [2.05, 4.69) is 0 Å². The molecule has 0 atom stereocenters. The van der Waals surface area contributed by atoms with Crippen molar-refractivity contribution in [2.24, 2.45) is 0 Å². The fourth-order valence-electron chi connectivity index (χ4n) is 0.933. The van der Waals surface area contributed by atoms with Crippen LogP contribution in [0.1, 0.15) is 26.7 Å². The van der Waals surface area contributed by atoms with Gasteiger partial charge in [-0.05, 0) is 13.3 Å². The molecule has 66 valence electrons. The molecule has 0 rings (SSSR count). The molecule has 0 fully saturated rings. The number of alkyl halides is 1. The number of carbonyl (C=O) groups excluding carboxylic acids is 1. The molecule has 0 spiro atoms. The maximum atomic E-state index is 11.1. The number of hydrogen-bond acceptors (Lipinski definition) is 1. The molecule has 2 nitrogen and oxygen atoms in total. The quantitative estimate of drug-likeness (QED) is 0.588. The van der Waals surface area contributed by atoms with Gasteiger partial charge in [-0.15, -0.1) is 11.6 Å². The summed E-state index contributed by atoms with van der Waals surface area (Å²) >= 11 is 5.51. The molecular formula is C8H16ClNO. The van der Waals surface area contributed by atoms with E-state index in [1.54, 1.807) is 0 Å². The first-order chi connectivity index (χ1) is 5.26. The minimum absolute atomic E-state index is 0.220. The molecule has 0 aliphatic carbocycles. The van der Waals surface area contributed by atoms with Crippen molar-refractivity contribution in [3.05, 3.63) is 0 Å². The molecule has 0 aromatic rings. The molecule has 1 amide bonds. The highest BCUT2D eigenvalue weighted by atomic mass is 35.5. The van der Waals surface area contributed by atoms with Gasteiger partial charge in [0.05, 0.1) is 0 Å². The fraction of sp³-hybridized carbons (Fsp3) is 0.875. The first-order valence-corrected chi connectivity index (χ1v) is 4.63. The lowest BCUT2D eigenvalue weighted by molar-refractivity contribution is -0.130. The van der Waals surface area contributed by atoms with Crippen LogP contribution in [0.3, 0.4) is 0 Å². The minimum atomic E-state index is 0.220. The van der Waals surface area contributed by atoms with Crippen molar-refractivity contribution in [2.75, 3.05) is 19.0 Å². The standard InChI is InChI=1S/C8H16ClNO/c1-3-8(11)10(4-2)7-5-6-9/h3-7H2,1-2H3. The Morgan fingerprint density at radius 3 is 2.45 bits per heavy atom. The molecule has 0 unspecified atom stereocenters. The first kappa shape index (κ1) is 10.8. The first-order valence-electron chi connectivity index (χ1n) is 4.10. The Labute approximate surface area is 73.5 Å². The molecule has 3 heteroatoms. The Kier molecular flexibility index (Phi) is 6.33. The van der Waals surface area contributed by atoms with Gasteiger partial charge in [-0.1, -0.05) is 6.92 Å². The maximum Gasteiger partial charge on any atom is 0.222 e. The third-order valence-electron chi connectivity index (χ3n) is 1.60. The van der Waals surface area contributed by atoms with E-state index < -0.39 is 0 Å². The van der Waals surface area contributed by atoms with E-state index in [0.717, 1.165) is 19.5 Å². The van der Waals surface area contributed by atoms with Crippen molar-refractivity contribution >= 4 is 17.5 Å². The smallest absolute Gasteiger partial charge is 0.222 e. The van der Waals surface area contributed by atoms with E-state index >= 15 is 0 Å². The van der Waals surface area contributed by atoms with Crippen molar-refractivity contribution in [2.45, 2.75) is 26.7 Å². The minimum Gasteiger partial charge on any atom is -0.343 e. The summed E-state index contributed by atoms with van der Waals surface area (Å²) in [5.74, 6) is 0.852. The second-order valence-electron chi connectivity index (χ2n) is 2.37. The second-order valence-corrected chi connectivity index (χ2v) is 2.75. The molecule has 0 bridgehead atoms. The lowest BCUT2D eigenvalue weighted by Gasteiger charge is -2.19. The fourth-order valence-corrected chi connectivity index (χ4v) is 1.05. The predicted octanol–water partition coefficient (Wildman–Crippen LogP) is 1.87. The molecule has 0 aliphatic heterocycles. The van der Waals surface area contributed by atoms with E-state index in [1.807, 2.05) is 18.7 Å². The van der Waals surface area contributed by atoms with Crippen molar-refractivity contribution in [1.29, 1.82) is 0 Å². The zero-order valence-corrected chi connectivity index (χ0v) is 8.02. The van der Waals surface area contributed by atoms with Crippen molar-refractivity contribution in [1.82, 2.24) is 4.90 Å². The molecule has 0 radical (unpaired) electrons. The van der Waals surface area contributed by atoms with Gasteiger partial charge in [0.15, 0.2) is 0 Å². The summed E-state index contributed by atoms with van der Waals surface area (Å²) in [6.07, 6.45) is 1.48. The normalized spacial score (nSPS) is 9.73. The van der Waals surface area contributed by atoms with Crippen LogP contribution in [0, 0.1) is 0 Å². The van der Waals surface area contributed by atoms with Crippen molar-refractivity contribution in [3.63, 3.8) is 0 Å². The lowest BCUT2D eigenvalue weighted by atomic mass is 10.3. The number of rotatable bonds is 5. The van der Waals surface area contributed by atoms with Crippen LogP contribution in [0.4, 0.5) is 0 Å². The summed E-state index contributed by atoms with van der Waals surface area (Å²) in [4.78, 5) is 13.0. The molecule has 0 aromatic heterocycles. The van der Waals surface area contributed by atoms with Crippen molar-refractivity contribution in [3.8, 4) is 0 Å². The van der Waals surface area contributed by atoms with Gasteiger partial charge in [0.25, 0.3) is 0 Å². The average molecular weight is 178 g/mol. The van der Waals surface area contributed by atoms with Crippen LogP contribution in [0.5, 0.6) is 0 Å². The van der Waals surface area contributed by atoms with Gasteiger partial charge in [-0.25, -0.2) is 0 Å². The van der Waals surface area contributed by atoms with Gasteiger partial charge >= 0.3 is 0 Å². The third-order valence-corrected chi connectivity index (χ3v) is 1.87. The molecular weight excluding hydrogens is 162 g/mol. The Morgan fingerprint density at radius 1 is 1.45 bits per heavy atom. The van der Waals surface area contributed by atoms with Crippen LogP contribution in [0.2, 0.25) is 0 Å². The van der Waals surface area contributed by atoms with Gasteiger partial charge in [-0.3, -0.25) is 4.79 Å². The summed E-state index contributed by atoms with van der Waals surface area (Å²) in [5, 5.41) is 0. The summed E-state index contributed by atoms with van der Waals surface area (Å²) in [6.45, 7) is 5.46. The second kappa shape index (κ2) is 6.47. The predicted molar refractivity (Wildman–Crippen MR) is 47.9 cm³/mol. The highest BCUT2D eigenvalue weighted by molar-refractivity contribution is 6.17. The SMILES string of the molecule is CCC(=O)N(CC)CCCCl. The van der Waals surface area contributed by atoms with Gasteiger partial charge in [0.2, 0.25) is 5.91 Å². The van der Waals surface area contributed by atoms with Gasteiger partial charge in [0, 0.05) is 25.4 Å². The number of nitrogens with zero attached hydrogens (tertiary/aromatic N) is 1. The topological polar surface area (TPSA) is 20.3 Å². The van der Waals surface area contributed by atoms with E-state index in [0.29, 0.717) is 12.3 Å². The Bertz CT molecular complexity index is 117. The number of amides is 1. The summed E-state index contributed by atoms with van der Waals surface area (Å²) in [5.41, 5.74) is 0. The Hall–Kier alpha value is -0.240. The van der Waals surface area contributed by atoms with E-state index in [9.17, 15) is 4.79 Å². The van der Waals surface area contributed by atoms with Crippen LogP contribution in [0.25, 0.3) is 0 Å². The summed E-state index contributed by atoms with van der Waals surface area (Å²) in [6, 6.07) is 0. The largest absolute Gasteiger partial charge is 0.343 e. The van der Waals surface area contributed by atoms with Crippen LogP contribution in [0.15, 0.2) is 0 Å². The monoisotopic (exact) mass is 177 g/mol. The molecule has 0 saturated carbocycles. The number of carbonyl (C=O) groups is 1. The number of halogens is 1. The Morgan fingerprint density at radius 2 is 2.09 bits per heavy atom. The molecule has 11 heavy (non-hydrogen) atoms. The average Bonchev–Trinajstić information content (AvgIpc) is 2.05. The van der Waals surface area contributed by atoms with Gasteiger partial charge in [-0.2, -0.15) is 0 Å². The zero-order chi connectivity index (χ0) is 8.69. The van der Waals surface area contributed by atoms with E-state index in [1.165, 1.54) is 0 Å². The maximum absolute atomic E-state index is 11.1. The zero-order valence-electron chi connectivity index (χ0n) is 7.27. The summed E-state index contributed by atoms with van der Waals surface area (Å²) in [7, 11) is 0. The van der Waals surface area contributed by atoms with E-state index in [4.69, 9.17) is 11.6 Å². The van der Waals surface area contributed by atoms with Gasteiger partial charge in [0.1, 0.15) is 0 Å².